The summed E-state index contributed by atoms with van der Waals surface area (Å²) in [6, 6.07) is 9.71. The quantitative estimate of drug-likeness (QED) is 0.559. The summed E-state index contributed by atoms with van der Waals surface area (Å²) < 4.78 is 0. The Bertz CT molecular complexity index is 700. The van der Waals surface area contributed by atoms with Crippen LogP contribution < -0.4 is 5.56 Å². The van der Waals surface area contributed by atoms with Gasteiger partial charge in [-0.05, 0) is 17.5 Å². The van der Waals surface area contributed by atoms with E-state index in [0.29, 0.717) is 5.39 Å². The van der Waals surface area contributed by atoms with Gasteiger partial charge in [-0.15, -0.1) is 0 Å². The second-order valence-corrected chi connectivity index (χ2v) is 3.41. The van der Waals surface area contributed by atoms with Crippen molar-refractivity contribution in [2.75, 3.05) is 0 Å². The summed E-state index contributed by atoms with van der Waals surface area (Å²) in [6.07, 6.45) is 3.29. The van der Waals surface area contributed by atoms with Crippen LogP contribution in [0.3, 0.4) is 0 Å². The number of rotatable bonds is 0. The topological polar surface area (TPSA) is 45.8 Å². The Morgan fingerprint density at radius 1 is 1.00 bits per heavy atom. The first-order valence-corrected chi connectivity index (χ1v) is 4.71. The number of aromatic nitrogens is 2. The van der Waals surface area contributed by atoms with Crippen LogP contribution in [0, 0.1) is 0 Å². The molecule has 0 aliphatic rings. The molecule has 1 aromatic carbocycles. The Labute approximate surface area is 85.4 Å². The summed E-state index contributed by atoms with van der Waals surface area (Å²) in [5.41, 5.74) is 0.821. The summed E-state index contributed by atoms with van der Waals surface area (Å²) in [4.78, 5) is 18.4. The molecule has 2 heterocycles. The molecule has 0 atom stereocenters. The molecule has 3 heteroatoms. The number of benzene rings is 1. The Morgan fingerprint density at radius 3 is 2.80 bits per heavy atom. The van der Waals surface area contributed by atoms with Crippen LogP contribution >= 0.6 is 0 Å². The van der Waals surface area contributed by atoms with Gasteiger partial charge < -0.3 is 4.98 Å². The van der Waals surface area contributed by atoms with Crippen LogP contribution in [0.25, 0.3) is 21.7 Å². The van der Waals surface area contributed by atoms with E-state index in [2.05, 4.69) is 9.97 Å². The van der Waals surface area contributed by atoms with Crippen molar-refractivity contribution < 1.29 is 0 Å². The van der Waals surface area contributed by atoms with Crippen LogP contribution in [0.2, 0.25) is 0 Å². The minimum Gasteiger partial charge on any atom is -0.329 e. The van der Waals surface area contributed by atoms with Crippen molar-refractivity contribution >= 4 is 21.7 Å². The minimum atomic E-state index is -0.0919. The lowest BCUT2D eigenvalue weighted by atomic mass is 10.1. The van der Waals surface area contributed by atoms with Gasteiger partial charge in [0.1, 0.15) is 0 Å². The lowest BCUT2D eigenvalue weighted by Gasteiger charge is -2.00. The molecule has 0 amide bonds. The first-order valence-electron chi connectivity index (χ1n) is 4.71. The number of nitrogens with one attached hydrogen (secondary N) is 1. The van der Waals surface area contributed by atoms with Crippen LogP contribution in [0.5, 0.6) is 0 Å². The molecule has 2 aromatic heterocycles. The maximum Gasteiger partial charge on any atom is 0.257 e. The van der Waals surface area contributed by atoms with E-state index < -0.39 is 0 Å². The average molecular weight is 196 g/mol. The standard InChI is InChI=1S/C12H8N2O/c15-12-10-7-14-11-4-2-1-3-9(11)8(10)5-6-13-12/h1-7H,(H,13,15). The molecule has 0 unspecified atom stereocenters. The monoisotopic (exact) mass is 196 g/mol. The molecule has 0 fully saturated rings. The van der Waals surface area contributed by atoms with E-state index in [0.717, 1.165) is 16.3 Å². The van der Waals surface area contributed by atoms with Crippen molar-refractivity contribution in [1.82, 2.24) is 9.97 Å². The Balaban J connectivity index is 2.67. The van der Waals surface area contributed by atoms with E-state index in [9.17, 15) is 4.79 Å². The van der Waals surface area contributed by atoms with Crippen molar-refractivity contribution in [3.05, 3.63) is 53.1 Å². The van der Waals surface area contributed by atoms with Gasteiger partial charge in [-0.25, -0.2) is 0 Å². The van der Waals surface area contributed by atoms with E-state index in [1.54, 1.807) is 12.4 Å². The van der Waals surface area contributed by atoms with E-state index in [1.807, 2.05) is 30.3 Å². The second kappa shape index (κ2) is 2.92. The maximum atomic E-state index is 11.5. The number of nitrogens with zero attached hydrogens (tertiary/aromatic N) is 1. The maximum absolute atomic E-state index is 11.5. The van der Waals surface area contributed by atoms with E-state index >= 15 is 0 Å². The van der Waals surface area contributed by atoms with Gasteiger partial charge in [0.15, 0.2) is 0 Å². The third-order valence-electron chi connectivity index (χ3n) is 2.53. The molecular formula is C12H8N2O. The summed E-state index contributed by atoms with van der Waals surface area (Å²) in [7, 11) is 0. The van der Waals surface area contributed by atoms with Gasteiger partial charge in [0.2, 0.25) is 0 Å². The lowest BCUT2D eigenvalue weighted by molar-refractivity contribution is 1.27. The molecule has 0 aliphatic carbocycles. The van der Waals surface area contributed by atoms with Gasteiger partial charge in [0.05, 0.1) is 10.9 Å². The van der Waals surface area contributed by atoms with Crippen molar-refractivity contribution in [3.8, 4) is 0 Å². The summed E-state index contributed by atoms with van der Waals surface area (Å²) in [6.45, 7) is 0. The molecular weight excluding hydrogens is 188 g/mol. The average Bonchev–Trinajstić information content (AvgIpc) is 2.29. The Hall–Kier alpha value is -2.16. The van der Waals surface area contributed by atoms with Gasteiger partial charge in [0.25, 0.3) is 5.56 Å². The number of hydrogen-bond acceptors (Lipinski definition) is 2. The molecule has 0 spiro atoms. The molecule has 1 N–H and O–H groups in total. The van der Waals surface area contributed by atoms with E-state index in [1.165, 1.54) is 0 Å². The summed E-state index contributed by atoms with van der Waals surface area (Å²) in [5.74, 6) is 0. The molecule has 0 radical (unpaired) electrons. The molecule has 72 valence electrons. The third kappa shape index (κ3) is 1.13. The second-order valence-electron chi connectivity index (χ2n) is 3.41. The highest BCUT2D eigenvalue weighted by atomic mass is 16.1. The molecule has 3 aromatic rings. The van der Waals surface area contributed by atoms with Gasteiger partial charge in [-0.2, -0.15) is 0 Å². The van der Waals surface area contributed by atoms with Crippen molar-refractivity contribution in [3.63, 3.8) is 0 Å². The number of fused-ring (bicyclic) bond motifs is 3. The van der Waals surface area contributed by atoms with Gasteiger partial charge in [0, 0.05) is 17.8 Å². The molecule has 0 aliphatic heterocycles. The largest absolute Gasteiger partial charge is 0.329 e. The number of hydrogen-bond donors (Lipinski definition) is 1. The summed E-state index contributed by atoms with van der Waals surface area (Å²) in [5, 5.41) is 2.60. The first-order chi connectivity index (χ1) is 7.36. The molecule has 15 heavy (non-hydrogen) atoms. The Morgan fingerprint density at radius 2 is 1.87 bits per heavy atom. The van der Waals surface area contributed by atoms with Gasteiger partial charge in [-0.1, -0.05) is 18.2 Å². The third-order valence-corrected chi connectivity index (χ3v) is 2.53. The van der Waals surface area contributed by atoms with Crippen LogP contribution in [0.15, 0.2) is 47.5 Å². The zero-order valence-corrected chi connectivity index (χ0v) is 7.90. The molecule has 0 bridgehead atoms. The van der Waals surface area contributed by atoms with Crippen LogP contribution in [0.4, 0.5) is 0 Å². The first kappa shape index (κ1) is 8.17. The SMILES string of the molecule is O=c1[nH]ccc2c1cnc1ccccc12. The van der Waals surface area contributed by atoms with Gasteiger partial charge in [-0.3, -0.25) is 9.78 Å². The molecule has 3 rings (SSSR count). The Kier molecular flexibility index (Phi) is 1.59. The fourth-order valence-electron chi connectivity index (χ4n) is 1.80. The fourth-order valence-corrected chi connectivity index (χ4v) is 1.80. The fraction of sp³-hybridized carbons (Fsp3) is 0. The molecule has 0 saturated carbocycles. The zero-order valence-electron chi connectivity index (χ0n) is 7.90. The smallest absolute Gasteiger partial charge is 0.257 e. The highest BCUT2D eigenvalue weighted by molar-refractivity contribution is 6.04. The van der Waals surface area contributed by atoms with Crippen molar-refractivity contribution in [1.29, 1.82) is 0 Å². The molecule has 3 nitrogen and oxygen atoms in total. The lowest BCUT2D eigenvalue weighted by Crippen LogP contribution is -2.04. The predicted octanol–water partition coefficient (Wildman–Crippen LogP) is 2.08. The minimum absolute atomic E-state index is 0.0919. The number of aromatic amines is 1. The number of para-hydroxylation sites is 1. The van der Waals surface area contributed by atoms with E-state index in [4.69, 9.17) is 0 Å². The van der Waals surface area contributed by atoms with Gasteiger partial charge >= 0.3 is 0 Å². The van der Waals surface area contributed by atoms with Crippen molar-refractivity contribution in [2.45, 2.75) is 0 Å². The highest BCUT2D eigenvalue weighted by Crippen LogP contribution is 2.19. The van der Waals surface area contributed by atoms with Crippen LogP contribution in [0.1, 0.15) is 0 Å². The summed E-state index contributed by atoms with van der Waals surface area (Å²) >= 11 is 0. The van der Waals surface area contributed by atoms with E-state index in [-0.39, 0.29) is 5.56 Å². The normalized spacial score (nSPS) is 10.9. The number of H-pyrrole nitrogens is 1. The van der Waals surface area contributed by atoms with Crippen molar-refractivity contribution in [2.24, 2.45) is 0 Å². The molecule has 0 saturated heterocycles. The van der Waals surface area contributed by atoms with Crippen LogP contribution in [-0.2, 0) is 0 Å². The zero-order chi connectivity index (χ0) is 10.3. The number of pyridine rings is 2. The predicted molar refractivity (Wildman–Crippen MR) is 59.9 cm³/mol. The highest BCUT2D eigenvalue weighted by Gasteiger charge is 2.02. The van der Waals surface area contributed by atoms with Crippen LogP contribution in [-0.4, -0.2) is 9.97 Å².